The van der Waals surface area contributed by atoms with Crippen molar-refractivity contribution in [1.29, 1.82) is 0 Å². The van der Waals surface area contributed by atoms with E-state index < -0.39 is 36.3 Å². The molecule has 0 saturated carbocycles. The number of hydrogen-bond donors (Lipinski definition) is 2. The van der Waals surface area contributed by atoms with Crippen molar-refractivity contribution < 1.29 is 43.2 Å². The van der Waals surface area contributed by atoms with Gasteiger partial charge in [-0.05, 0) is 52.3 Å². The minimum absolute atomic E-state index is 0.114. The monoisotopic (exact) mass is 561 g/mol. The highest BCUT2D eigenvalue weighted by atomic mass is 16.7. The largest absolute Gasteiger partial charge is 0.497 e. The molecule has 2 aromatic carbocycles. The van der Waals surface area contributed by atoms with Gasteiger partial charge in [0.15, 0.2) is 11.6 Å². The number of aliphatic hydroxyl groups is 1. The Morgan fingerprint density at radius 3 is 2.05 bits per heavy atom. The van der Waals surface area contributed by atoms with Crippen LogP contribution in [0.1, 0.15) is 23.3 Å². The van der Waals surface area contributed by atoms with Crippen molar-refractivity contribution in [2.45, 2.75) is 18.9 Å². The average Bonchev–Trinajstić information content (AvgIpc) is 3.61. The lowest BCUT2D eigenvalue weighted by Gasteiger charge is -2.19. The van der Waals surface area contributed by atoms with Crippen LogP contribution >= 0.6 is 0 Å². The van der Waals surface area contributed by atoms with E-state index >= 15 is 0 Å². The van der Waals surface area contributed by atoms with Gasteiger partial charge in [0.05, 0.1) is 20.8 Å². The molecule has 1 atom stereocenters. The number of imide groups is 1. The molecule has 5 rings (SSSR count). The lowest BCUT2D eigenvalue weighted by atomic mass is 9.98. The van der Waals surface area contributed by atoms with E-state index in [0.29, 0.717) is 27.7 Å². The zero-order valence-corrected chi connectivity index (χ0v) is 21.8. The van der Waals surface area contributed by atoms with Gasteiger partial charge in [-0.1, -0.05) is 12.1 Å². The molecule has 1 aliphatic rings. The number of nitrogens with zero attached hydrogens (tertiary/aromatic N) is 4. The van der Waals surface area contributed by atoms with E-state index in [1.165, 1.54) is 14.2 Å². The first-order valence-electron chi connectivity index (χ1n) is 12.3. The molecule has 14 heteroatoms. The number of aromatic nitrogens is 3. The van der Waals surface area contributed by atoms with Crippen LogP contribution in [0.3, 0.4) is 0 Å². The van der Waals surface area contributed by atoms with Crippen molar-refractivity contribution in [2.24, 2.45) is 0 Å². The number of methoxy groups -OCH3 is 2. The van der Waals surface area contributed by atoms with Gasteiger partial charge < -0.3 is 24.7 Å². The molecule has 2 N–H and O–H groups in total. The Balaban J connectivity index is 1.57. The third kappa shape index (κ3) is 5.27. The van der Waals surface area contributed by atoms with Crippen LogP contribution in [-0.4, -0.2) is 76.0 Å². The number of hydrogen-bond acceptors (Lipinski definition) is 12. The molecule has 41 heavy (non-hydrogen) atoms. The molecule has 2 aromatic heterocycles. The molecular weight excluding hydrogens is 538 g/mol. The summed E-state index contributed by atoms with van der Waals surface area (Å²) in [6.07, 6.45) is -0.228. The van der Waals surface area contributed by atoms with Crippen LogP contribution in [0.15, 0.2) is 53.2 Å². The van der Waals surface area contributed by atoms with Gasteiger partial charge in [-0.25, -0.2) is 14.4 Å². The summed E-state index contributed by atoms with van der Waals surface area (Å²) < 4.78 is 15.5. The number of pyridine rings is 1. The number of benzene rings is 2. The van der Waals surface area contributed by atoms with E-state index in [2.05, 4.69) is 20.6 Å². The first kappa shape index (κ1) is 27.2. The molecule has 0 aliphatic carbocycles. The molecule has 4 aromatic rings. The van der Waals surface area contributed by atoms with Gasteiger partial charge in [0.25, 0.3) is 17.7 Å². The summed E-state index contributed by atoms with van der Waals surface area (Å²) in [4.78, 5) is 59.6. The van der Waals surface area contributed by atoms with Gasteiger partial charge in [0.2, 0.25) is 0 Å². The topological polar surface area (TPSA) is 183 Å². The number of amides is 3. The zero-order valence-electron chi connectivity index (χ0n) is 21.8. The quantitative estimate of drug-likeness (QED) is 0.282. The van der Waals surface area contributed by atoms with E-state index in [4.69, 9.17) is 18.9 Å². The van der Waals surface area contributed by atoms with E-state index in [-0.39, 0.29) is 40.8 Å². The average molecular weight is 562 g/mol. The van der Waals surface area contributed by atoms with E-state index in [1.54, 1.807) is 48.5 Å². The van der Waals surface area contributed by atoms with E-state index in [0.717, 1.165) is 0 Å². The maximum Gasteiger partial charge on any atom is 0.357 e. The van der Waals surface area contributed by atoms with Gasteiger partial charge >= 0.3 is 5.97 Å². The molecule has 1 aliphatic heterocycles. The molecule has 0 spiro atoms. The number of ether oxygens (including phenoxy) is 2. The number of hydroxylamine groups is 2. The van der Waals surface area contributed by atoms with Crippen LogP contribution in [0.5, 0.6) is 11.5 Å². The Bertz CT molecular complexity index is 1620. The Morgan fingerprint density at radius 1 is 0.927 bits per heavy atom. The summed E-state index contributed by atoms with van der Waals surface area (Å²) in [5, 5.41) is 20.6. The van der Waals surface area contributed by atoms with Crippen molar-refractivity contribution in [3.05, 3.63) is 54.2 Å². The summed E-state index contributed by atoms with van der Waals surface area (Å²) in [5.41, 5.74) is 1.84. The van der Waals surface area contributed by atoms with Crippen LogP contribution in [0, 0.1) is 0 Å². The fourth-order valence-corrected chi connectivity index (χ4v) is 4.20. The van der Waals surface area contributed by atoms with Gasteiger partial charge in [-0.15, -0.1) is 5.06 Å². The molecule has 14 nitrogen and oxygen atoms in total. The predicted molar refractivity (Wildman–Crippen MR) is 139 cm³/mol. The molecule has 0 radical (unpaired) electrons. The minimum Gasteiger partial charge on any atom is -0.497 e. The Hall–Kier alpha value is -5.37. The maximum absolute atomic E-state index is 13.7. The molecule has 210 valence electrons. The Morgan fingerprint density at radius 2 is 1.49 bits per heavy atom. The van der Waals surface area contributed by atoms with Gasteiger partial charge in [0, 0.05) is 24.0 Å². The summed E-state index contributed by atoms with van der Waals surface area (Å²) >= 11 is 0. The zero-order chi connectivity index (χ0) is 29.1. The summed E-state index contributed by atoms with van der Waals surface area (Å²) in [6.45, 7) is -0.891. The molecule has 1 unspecified atom stereocenters. The van der Waals surface area contributed by atoms with Gasteiger partial charge in [-0.2, -0.15) is 0 Å². The first-order valence-corrected chi connectivity index (χ1v) is 12.3. The highest BCUT2D eigenvalue weighted by molar-refractivity contribution is 6.10. The first-order chi connectivity index (χ1) is 19.8. The van der Waals surface area contributed by atoms with E-state index in [1.807, 2.05) is 0 Å². The number of fused-ring (bicyclic) bond motifs is 1. The molecule has 0 bridgehead atoms. The minimum atomic E-state index is -1.63. The number of carbonyl (C=O) groups is 4. The van der Waals surface area contributed by atoms with Crippen LogP contribution in [0.4, 0.5) is 0 Å². The predicted octanol–water partition coefficient (Wildman–Crippen LogP) is 1.67. The van der Waals surface area contributed by atoms with Crippen molar-refractivity contribution in [2.75, 3.05) is 20.8 Å². The highest BCUT2D eigenvalue weighted by Crippen LogP contribution is 2.36. The SMILES string of the molecule is COc1ccc(-c2nc(C(=O)NC(CO)C(=O)ON3C(=O)CCC3=O)c(-c3ccc(OC)cc3)c3nonc23)cc1. The van der Waals surface area contributed by atoms with Crippen LogP contribution in [0.2, 0.25) is 0 Å². The Labute approximate surface area is 231 Å². The van der Waals surface area contributed by atoms with Crippen molar-refractivity contribution in [3.8, 4) is 33.9 Å². The van der Waals surface area contributed by atoms with Crippen LogP contribution in [-0.2, 0) is 19.2 Å². The highest BCUT2D eigenvalue weighted by Gasteiger charge is 2.36. The van der Waals surface area contributed by atoms with Crippen molar-refractivity contribution in [1.82, 2.24) is 25.7 Å². The summed E-state index contributed by atoms with van der Waals surface area (Å²) in [6, 6.07) is 11.9. The lowest BCUT2D eigenvalue weighted by molar-refractivity contribution is -0.199. The number of aliphatic hydroxyl groups excluding tert-OH is 1. The maximum atomic E-state index is 13.7. The number of rotatable bonds is 9. The fourth-order valence-electron chi connectivity index (χ4n) is 4.20. The standard InChI is InChI=1S/C27H23N5O9/c1-38-16-7-3-14(4-8-16)21-23-25(31-41-30-23)22(15-5-9-17(39-2)10-6-15)29-24(21)26(36)28-18(13-33)27(37)40-32-19(34)11-12-20(32)35/h3-10,18,33H,11-13H2,1-2H3,(H,28,36). The smallest absolute Gasteiger partial charge is 0.357 e. The van der Waals surface area contributed by atoms with Crippen LogP contribution < -0.4 is 14.8 Å². The number of carbonyl (C=O) groups excluding carboxylic acids is 4. The molecule has 3 amide bonds. The van der Waals surface area contributed by atoms with Gasteiger partial charge in [0.1, 0.15) is 28.4 Å². The third-order valence-corrected chi connectivity index (χ3v) is 6.33. The normalized spacial score (nSPS) is 13.8. The van der Waals surface area contributed by atoms with Crippen molar-refractivity contribution >= 4 is 34.7 Å². The Kier molecular flexibility index (Phi) is 7.56. The summed E-state index contributed by atoms with van der Waals surface area (Å²) in [7, 11) is 3.04. The second-order valence-electron chi connectivity index (χ2n) is 8.80. The van der Waals surface area contributed by atoms with E-state index in [9.17, 15) is 24.3 Å². The van der Waals surface area contributed by atoms with Crippen molar-refractivity contribution in [3.63, 3.8) is 0 Å². The molecule has 1 fully saturated rings. The molecular formula is C27H23N5O9. The third-order valence-electron chi connectivity index (χ3n) is 6.33. The second-order valence-corrected chi connectivity index (χ2v) is 8.80. The second kappa shape index (κ2) is 11.4. The lowest BCUT2D eigenvalue weighted by Crippen LogP contribution is -2.47. The van der Waals surface area contributed by atoms with Gasteiger partial charge in [-0.3, -0.25) is 14.4 Å². The molecule has 1 saturated heterocycles. The summed E-state index contributed by atoms with van der Waals surface area (Å²) in [5.74, 6) is -2.35. The van der Waals surface area contributed by atoms with Crippen LogP contribution in [0.25, 0.3) is 33.4 Å². The number of nitrogens with one attached hydrogen (secondary N) is 1. The molecule has 3 heterocycles. The fraction of sp³-hybridized carbons (Fsp3) is 0.222.